The van der Waals surface area contributed by atoms with Crippen LogP contribution in [0, 0.1) is 5.92 Å². The van der Waals surface area contributed by atoms with Gasteiger partial charge in [-0.1, -0.05) is 12.1 Å². The molecule has 114 valence electrons. The van der Waals surface area contributed by atoms with E-state index in [9.17, 15) is 9.59 Å². The molecule has 0 spiro atoms. The second kappa shape index (κ2) is 5.48. The van der Waals surface area contributed by atoms with Gasteiger partial charge in [0.1, 0.15) is 12.4 Å². The van der Waals surface area contributed by atoms with Crippen molar-refractivity contribution < 1.29 is 19.2 Å². The molecule has 1 aromatic heterocycles. The molecule has 2 fully saturated rings. The smallest absolute Gasteiger partial charge is 0.273 e. The van der Waals surface area contributed by atoms with Crippen LogP contribution in [-0.2, 0) is 4.79 Å². The third-order valence-corrected chi connectivity index (χ3v) is 4.16. The monoisotopic (exact) mass is 293 g/mol. The van der Waals surface area contributed by atoms with Gasteiger partial charge in [0.15, 0.2) is 5.69 Å². The summed E-state index contributed by atoms with van der Waals surface area (Å²) in [6.45, 7) is 2.42. The summed E-state index contributed by atoms with van der Waals surface area (Å²) in [5, 5.41) is 15.6. The first-order valence-corrected chi connectivity index (χ1v) is 7.24. The van der Waals surface area contributed by atoms with Gasteiger partial charge in [0.05, 0.1) is 6.04 Å². The van der Waals surface area contributed by atoms with E-state index in [-0.39, 0.29) is 29.5 Å². The van der Waals surface area contributed by atoms with Crippen molar-refractivity contribution >= 4 is 11.8 Å². The summed E-state index contributed by atoms with van der Waals surface area (Å²) in [7, 11) is 0. The highest BCUT2D eigenvalue weighted by Gasteiger charge is 2.34. The second-order valence-corrected chi connectivity index (χ2v) is 5.90. The zero-order valence-corrected chi connectivity index (χ0v) is 11.9. The van der Waals surface area contributed by atoms with Gasteiger partial charge in [0.2, 0.25) is 5.91 Å². The van der Waals surface area contributed by atoms with Gasteiger partial charge in [-0.05, 0) is 18.8 Å². The van der Waals surface area contributed by atoms with E-state index in [4.69, 9.17) is 9.63 Å². The number of amides is 2. The molecular formula is C14H19N3O4. The third kappa shape index (κ3) is 2.92. The van der Waals surface area contributed by atoms with Crippen LogP contribution in [-0.4, -0.2) is 52.7 Å². The van der Waals surface area contributed by atoms with Crippen molar-refractivity contribution in [3.8, 4) is 0 Å². The molecule has 1 aliphatic carbocycles. The fourth-order valence-electron chi connectivity index (χ4n) is 2.66. The van der Waals surface area contributed by atoms with Crippen molar-refractivity contribution in [3.05, 3.63) is 17.5 Å². The molecule has 0 unspecified atom stereocenters. The zero-order valence-electron chi connectivity index (χ0n) is 11.9. The number of aliphatic hydroxyl groups is 1. The summed E-state index contributed by atoms with van der Waals surface area (Å²) in [4.78, 5) is 25.2. The van der Waals surface area contributed by atoms with E-state index in [1.54, 1.807) is 11.0 Å². The van der Waals surface area contributed by atoms with E-state index in [1.165, 1.54) is 0 Å². The molecule has 1 aromatic rings. The highest BCUT2D eigenvalue weighted by Crippen LogP contribution is 2.40. The van der Waals surface area contributed by atoms with Crippen molar-refractivity contribution in [3.63, 3.8) is 0 Å². The van der Waals surface area contributed by atoms with Gasteiger partial charge in [-0.15, -0.1) is 0 Å². The van der Waals surface area contributed by atoms with E-state index < -0.39 is 6.61 Å². The summed E-state index contributed by atoms with van der Waals surface area (Å²) >= 11 is 0. The maximum atomic E-state index is 12.2. The minimum Gasteiger partial charge on any atom is -0.387 e. The molecule has 0 aromatic carbocycles. The zero-order chi connectivity index (χ0) is 15.0. The van der Waals surface area contributed by atoms with Gasteiger partial charge >= 0.3 is 0 Å². The van der Waals surface area contributed by atoms with Crippen LogP contribution in [0.1, 0.15) is 41.9 Å². The maximum absolute atomic E-state index is 12.2. The molecule has 2 heterocycles. The van der Waals surface area contributed by atoms with Crippen LogP contribution >= 0.6 is 0 Å². The van der Waals surface area contributed by atoms with Crippen LogP contribution in [0.3, 0.4) is 0 Å². The summed E-state index contributed by atoms with van der Waals surface area (Å²) < 4.78 is 5.17. The Morgan fingerprint density at radius 2 is 2.24 bits per heavy atom. The number of carbonyl (C=O) groups excluding carboxylic acids is 2. The quantitative estimate of drug-likeness (QED) is 0.822. The number of hydrogen-bond acceptors (Lipinski definition) is 5. The Morgan fingerprint density at radius 1 is 1.48 bits per heavy atom. The molecule has 0 bridgehead atoms. The molecule has 1 saturated heterocycles. The first-order chi connectivity index (χ1) is 10.1. The lowest BCUT2D eigenvalue weighted by Crippen LogP contribution is -2.41. The Labute approximate surface area is 122 Å². The summed E-state index contributed by atoms with van der Waals surface area (Å²) in [6, 6.07) is 1.57. The Hall–Kier alpha value is -1.89. The summed E-state index contributed by atoms with van der Waals surface area (Å²) in [5.41, 5.74) is 0.288. The van der Waals surface area contributed by atoms with Gasteiger partial charge in [-0.25, -0.2) is 0 Å². The SMILES string of the molecule is C[C@H]1CN(C(=O)CO)C[C@@H]1NC(=O)c1cc(C2CC2)on1. The fourth-order valence-corrected chi connectivity index (χ4v) is 2.66. The average Bonchev–Trinajstić information content (AvgIpc) is 3.09. The lowest BCUT2D eigenvalue weighted by Gasteiger charge is -2.15. The number of nitrogens with zero attached hydrogens (tertiary/aromatic N) is 2. The predicted octanol–water partition coefficient (Wildman–Crippen LogP) is 0.121. The number of carbonyl (C=O) groups is 2. The van der Waals surface area contributed by atoms with Gasteiger partial charge in [-0.2, -0.15) is 0 Å². The first-order valence-electron chi connectivity index (χ1n) is 7.24. The minimum atomic E-state index is -0.499. The Morgan fingerprint density at radius 3 is 2.90 bits per heavy atom. The highest BCUT2D eigenvalue weighted by molar-refractivity contribution is 5.92. The largest absolute Gasteiger partial charge is 0.387 e. The van der Waals surface area contributed by atoms with Crippen LogP contribution in [0.2, 0.25) is 0 Å². The van der Waals surface area contributed by atoms with Crippen LogP contribution in [0.5, 0.6) is 0 Å². The Balaban J connectivity index is 1.60. The Bertz CT molecular complexity index is 552. The molecule has 3 rings (SSSR count). The van der Waals surface area contributed by atoms with Crippen LogP contribution in [0.15, 0.2) is 10.6 Å². The molecule has 0 radical (unpaired) electrons. The van der Waals surface area contributed by atoms with E-state index in [1.807, 2.05) is 6.92 Å². The molecular weight excluding hydrogens is 274 g/mol. The molecule has 2 N–H and O–H groups in total. The van der Waals surface area contributed by atoms with Crippen LogP contribution in [0.25, 0.3) is 0 Å². The number of rotatable bonds is 4. The third-order valence-electron chi connectivity index (χ3n) is 4.16. The van der Waals surface area contributed by atoms with Crippen molar-refractivity contribution in [2.24, 2.45) is 5.92 Å². The minimum absolute atomic E-state index is 0.130. The normalized spacial score (nSPS) is 25.1. The summed E-state index contributed by atoms with van der Waals surface area (Å²) in [6.07, 6.45) is 2.18. The molecule has 21 heavy (non-hydrogen) atoms. The number of aliphatic hydroxyl groups excluding tert-OH is 1. The standard InChI is InChI=1S/C14H19N3O4/c1-8-5-17(13(19)7-18)6-11(8)15-14(20)10-4-12(21-16-10)9-2-3-9/h4,8-9,11,18H,2-3,5-7H2,1H3,(H,15,20)/t8-,11-/m0/s1. The summed E-state index contributed by atoms with van der Waals surface area (Å²) in [5.74, 6) is 0.745. The second-order valence-electron chi connectivity index (χ2n) is 5.90. The number of hydrogen-bond donors (Lipinski definition) is 2. The number of aromatic nitrogens is 1. The van der Waals surface area contributed by atoms with Gasteiger partial charge < -0.3 is 19.8 Å². The molecule has 2 aliphatic rings. The maximum Gasteiger partial charge on any atom is 0.273 e. The molecule has 7 nitrogen and oxygen atoms in total. The van der Waals surface area contributed by atoms with Gasteiger partial charge in [-0.3, -0.25) is 9.59 Å². The molecule has 2 amide bonds. The lowest BCUT2D eigenvalue weighted by molar-refractivity contribution is -0.133. The lowest BCUT2D eigenvalue weighted by atomic mass is 10.1. The van der Waals surface area contributed by atoms with E-state index in [2.05, 4.69) is 10.5 Å². The number of likely N-dealkylation sites (tertiary alicyclic amines) is 1. The van der Waals surface area contributed by atoms with Gasteiger partial charge in [0, 0.05) is 25.1 Å². The van der Waals surface area contributed by atoms with Crippen molar-refractivity contribution in [2.75, 3.05) is 19.7 Å². The predicted molar refractivity (Wildman–Crippen MR) is 72.6 cm³/mol. The van der Waals surface area contributed by atoms with E-state index in [0.717, 1.165) is 18.6 Å². The van der Waals surface area contributed by atoms with Crippen molar-refractivity contribution in [1.29, 1.82) is 0 Å². The molecule has 1 aliphatic heterocycles. The first kappa shape index (κ1) is 14.1. The van der Waals surface area contributed by atoms with E-state index >= 15 is 0 Å². The average molecular weight is 293 g/mol. The van der Waals surface area contributed by atoms with Gasteiger partial charge in [0.25, 0.3) is 5.91 Å². The van der Waals surface area contributed by atoms with Crippen LogP contribution < -0.4 is 5.32 Å². The van der Waals surface area contributed by atoms with Crippen molar-refractivity contribution in [1.82, 2.24) is 15.4 Å². The Kier molecular flexibility index (Phi) is 3.67. The topological polar surface area (TPSA) is 95.7 Å². The highest BCUT2D eigenvalue weighted by atomic mass is 16.5. The van der Waals surface area contributed by atoms with Crippen molar-refractivity contribution in [2.45, 2.75) is 31.7 Å². The van der Waals surface area contributed by atoms with E-state index in [0.29, 0.717) is 19.0 Å². The molecule has 2 atom stereocenters. The van der Waals surface area contributed by atoms with Crippen LogP contribution in [0.4, 0.5) is 0 Å². The number of nitrogens with one attached hydrogen (secondary N) is 1. The molecule has 7 heteroatoms. The molecule has 1 saturated carbocycles. The fraction of sp³-hybridized carbons (Fsp3) is 0.643.